The Hall–Kier alpha value is -1.20. The molecular formula is C15H21NO3S. The van der Waals surface area contributed by atoms with Crippen molar-refractivity contribution < 1.29 is 14.6 Å². The Morgan fingerprint density at radius 3 is 2.75 bits per heavy atom. The highest BCUT2D eigenvalue weighted by atomic mass is 32.2. The SMILES string of the molecule is CSc1cccc(OCCN2CCCCC2)c1C(=O)O. The van der Waals surface area contributed by atoms with Gasteiger partial charge in [-0.05, 0) is 44.3 Å². The molecule has 20 heavy (non-hydrogen) atoms. The lowest BCUT2D eigenvalue weighted by molar-refractivity contribution is 0.0687. The van der Waals surface area contributed by atoms with Crippen molar-refractivity contribution in [2.45, 2.75) is 24.2 Å². The fraction of sp³-hybridized carbons (Fsp3) is 0.533. The van der Waals surface area contributed by atoms with Gasteiger partial charge in [-0.1, -0.05) is 12.5 Å². The summed E-state index contributed by atoms with van der Waals surface area (Å²) in [5.41, 5.74) is 0.277. The van der Waals surface area contributed by atoms with Gasteiger partial charge in [-0.15, -0.1) is 11.8 Å². The van der Waals surface area contributed by atoms with E-state index in [1.165, 1.54) is 31.0 Å². The van der Waals surface area contributed by atoms with Gasteiger partial charge in [-0.25, -0.2) is 4.79 Å². The lowest BCUT2D eigenvalue weighted by atomic mass is 10.1. The molecule has 0 saturated carbocycles. The Morgan fingerprint density at radius 1 is 1.35 bits per heavy atom. The number of hydrogen-bond acceptors (Lipinski definition) is 4. The fourth-order valence-corrected chi connectivity index (χ4v) is 3.09. The van der Waals surface area contributed by atoms with Gasteiger partial charge in [-0.3, -0.25) is 4.90 Å². The van der Waals surface area contributed by atoms with E-state index < -0.39 is 5.97 Å². The van der Waals surface area contributed by atoms with Crippen molar-refractivity contribution in [3.63, 3.8) is 0 Å². The zero-order valence-corrected chi connectivity index (χ0v) is 12.6. The highest BCUT2D eigenvalue weighted by Crippen LogP contribution is 2.28. The summed E-state index contributed by atoms with van der Waals surface area (Å²) in [6.45, 7) is 3.65. The van der Waals surface area contributed by atoms with E-state index in [2.05, 4.69) is 4.90 Å². The quantitative estimate of drug-likeness (QED) is 0.818. The lowest BCUT2D eigenvalue weighted by Gasteiger charge is -2.26. The van der Waals surface area contributed by atoms with Gasteiger partial charge in [0.15, 0.2) is 0 Å². The molecule has 1 heterocycles. The monoisotopic (exact) mass is 295 g/mol. The van der Waals surface area contributed by atoms with Crippen LogP contribution in [-0.4, -0.2) is 48.5 Å². The van der Waals surface area contributed by atoms with Gasteiger partial charge < -0.3 is 9.84 Å². The van der Waals surface area contributed by atoms with Crippen molar-refractivity contribution in [3.8, 4) is 5.75 Å². The summed E-state index contributed by atoms with van der Waals surface area (Å²) in [5.74, 6) is -0.454. The van der Waals surface area contributed by atoms with Crippen molar-refractivity contribution in [2.75, 3.05) is 32.5 Å². The Morgan fingerprint density at radius 2 is 2.10 bits per heavy atom. The first-order valence-corrected chi connectivity index (χ1v) is 8.20. The first-order chi connectivity index (χ1) is 9.72. The summed E-state index contributed by atoms with van der Waals surface area (Å²) in [6.07, 6.45) is 5.69. The van der Waals surface area contributed by atoms with Crippen molar-refractivity contribution in [2.24, 2.45) is 0 Å². The fourth-order valence-electron chi connectivity index (χ4n) is 2.48. The second-order valence-corrected chi connectivity index (χ2v) is 5.74. The molecule has 1 saturated heterocycles. The topological polar surface area (TPSA) is 49.8 Å². The van der Waals surface area contributed by atoms with Gasteiger partial charge in [0.05, 0.1) is 0 Å². The summed E-state index contributed by atoms with van der Waals surface area (Å²) in [6, 6.07) is 5.39. The summed E-state index contributed by atoms with van der Waals surface area (Å²) in [7, 11) is 0. The maximum absolute atomic E-state index is 11.4. The van der Waals surface area contributed by atoms with Crippen LogP contribution in [0, 0.1) is 0 Å². The molecule has 0 amide bonds. The first-order valence-electron chi connectivity index (χ1n) is 6.98. The number of nitrogens with zero attached hydrogens (tertiary/aromatic N) is 1. The van der Waals surface area contributed by atoms with Gasteiger partial charge in [0.1, 0.15) is 17.9 Å². The predicted molar refractivity (Wildman–Crippen MR) is 81.0 cm³/mol. The second kappa shape index (κ2) is 7.55. The molecule has 0 atom stereocenters. The zero-order chi connectivity index (χ0) is 14.4. The molecule has 1 aromatic carbocycles. The molecule has 1 aliphatic rings. The van der Waals surface area contributed by atoms with E-state index in [0.717, 1.165) is 24.5 Å². The lowest BCUT2D eigenvalue weighted by Crippen LogP contribution is -2.33. The molecule has 1 aromatic rings. The van der Waals surface area contributed by atoms with Gasteiger partial charge in [0, 0.05) is 11.4 Å². The molecule has 2 rings (SSSR count). The van der Waals surface area contributed by atoms with Crippen molar-refractivity contribution >= 4 is 17.7 Å². The average molecular weight is 295 g/mol. The second-order valence-electron chi connectivity index (χ2n) is 4.89. The van der Waals surface area contributed by atoms with E-state index in [9.17, 15) is 9.90 Å². The molecule has 0 unspecified atom stereocenters. The van der Waals surface area contributed by atoms with Crippen molar-refractivity contribution in [3.05, 3.63) is 23.8 Å². The predicted octanol–water partition coefficient (Wildman–Crippen LogP) is 2.97. The minimum Gasteiger partial charge on any atom is -0.491 e. The van der Waals surface area contributed by atoms with Crippen LogP contribution in [0.15, 0.2) is 23.1 Å². The van der Waals surface area contributed by atoms with Crippen LogP contribution in [0.2, 0.25) is 0 Å². The number of thioether (sulfide) groups is 1. The van der Waals surface area contributed by atoms with Gasteiger partial charge in [0.2, 0.25) is 0 Å². The molecule has 0 spiro atoms. The highest BCUT2D eigenvalue weighted by molar-refractivity contribution is 7.98. The van der Waals surface area contributed by atoms with E-state index >= 15 is 0 Å². The summed E-state index contributed by atoms with van der Waals surface area (Å²) >= 11 is 1.43. The van der Waals surface area contributed by atoms with Crippen LogP contribution in [0.1, 0.15) is 29.6 Å². The Kier molecular flexibility index (Phi) is 5.73. The minimum atomic E-state index is -0.928. The Bertz CT molecular complexity index is 458. The van der Waals surface area contributed by atoms with Crippen LogP contribution in [0.4, 0.5) is 0 Å². The summed E-state index contributed by atoms with van der Waals surface area (Å²) in [4.78, 5) is 14.5. The number of carbonyl (C=O) groups is 1. The normalized spacial score (nSPS) is 16.1. The van der Waals surface area contributed by atoms with Crippen LogP contribution in [-0.2, 0) is 0 Å². The maximum atomic E-state index is 11.4. The molecule has 0 bridgehead atoms. The Balaban J connectivity index is 1.96. The largest absolute Gasteiger partial charge is 0.491 e. The average Bonchev–Trinajstić information content (AvgIpc) is 2.47. The van der Waals surface area contributed by atoms with Crippen LogP contribution in [0.25, 0.3) is 0 Å². The van der Waals surface area contributed by atoms with Gasteiger partial charge >= 0.3 is 5.97 Å². The third kappa shape index (κ3) is 3.90. The van der Waals surface area contributed by atoms with E-state index in [1.807, 2.05) is 18.4 Å². The molecule has 0 aromatic heterocycles. The first kappa shape index (κ1) is 15.2. The number of piperidine rings is 1. The van der Waals surface area contributed by atoms with E-state index in [1.54, 1.807) is 6.07 Å². The Labute approximate surface area is 124 Å². The standard InChI is InChI=1S/C15H21NO3S/c1-20-13-7-5-6-12(14(13)15(17)18)19-11-10-16-8-3-2-4-9-16/h5-7H,2-4,8-11H2,1H3,(H,17,18). The van der Waals surface area contributed by atoms with Crippen LogP contribution < -0.4 is 4.74 Å². The number of ether oxygens (including phenoxy) is 1. The molecule has 0 radical (unpaired) electrons. The number of carboxylic acids is 1. The molecule has 110 valence electrons. The smallest absolute Gasteiger partial charge is 0.340 e. The van der Waals surface area contributed by atoms with Crippen molar-refractivity contribution in [1.82, 2.24) is 4.90 Å². The molecular weight excluding hydrogens is 274 g/mol. The molecule has 1 N–H and O–H groups in total. The molecule has 4 nitrogen and oxygen atoms in total. The molecule has 5 heteroatoms. The molecule has 0 aliphatic carbocycles. The van der Waals surface area contributed by atoms with Gasteiger partial charge in [-0.2, -0.15) is 0 Å². The van der Waals surface area contributed by atoms with E-state index in [0.29, 0.717) is 12.4 Å². The third-order valence-corrected chi connectivity index (χ3v) is 4.32. The minimum absolute atomic E-state index is 0.277. The number of hydrogen-bond donors (Lipinski definition) is 1. The highest BCUT2D eigenvalue weighted by Gasteiger charge is 2.16. The number of benzene rings is 1. The zero-order valence-electron chi connectivity index (χ0n) is 11.8. The number of aromatic carboxylic acids is 1. The van der Waals surface area contributed by atoms with E-state index in [-0.39, 0.29) is 5.56 Å². The van der Waals surface area contributed by atoms with Crippen molar-refractivity contribution in [1.29, 1.82) is 0 Å². The molecule has 1 aliphatic heterocycles. The summed E-state index contributed by atoms with van der Waals surface area (Å²) in [5, 5.41) is 9.32. The number of carboxylic acid groups (broad SMARTS) is 1. The third-order valence-electron chi connectivity index (χ3n) is 3.54. The summed E-state index contributed by atoms with van der Waals surface area (Å²) < 4.78 is 5.71. The van der Waals surface area contributed by atoms with Crippen LogP contribution in [0.3, 0.4) is 0 Å². The number of rotatable bonds is 6. The maximum Gasteiger partial charge on any atom is 0.340 e. The number of likely N-dealkylation sites (tertiary alicyclic amines) is 1. The van der Waals surface area contributed by atoms with Crippen LogP contribution in [0.5, 0.6) is 5.75 Å². The van der Waals surface area contributed by atoms with Gasteiger partial charge in [0.25, 0.3) is 0 Å². The van der Waals surface area contributed by atoms with E-state index in [4.69, 9.17) is 4.74 Å². The molecule has 1 fully saturated rings. The van der Waals surface area contributed by atoms with Crippen LogP contribution >= 0.6 is 11.8 Å².